The largest absolute Gasteiger partial charge is 0.495 e. The van der Waals surface area contributed by atoms with Crippen LogP contribution in [0.25, 0.3) is 0 Å². The van der Waals surface area contributed by atoms with Crippen LogP contribution < -0.4 is 10.5 Å². The molecule has 0 spiro atoms. The second-order valence-electron chi connectivity index (χ2n) is 4.99. The fourth-order valence-electron chi connectivity index (χ4n) is 2.11. The van der Waals surface area contributed by atoms with Gasteiger partial charge in [-0.2, -0.15) is 4.31 Å². The summed E-state index contributed by atoms with van der Waals surface area (Å²) in [6.45, 7) is 2.04. The van der Waals surface area contributed by atoms with Crippen molar-refractivity contribution in [2.45, 2.75) is 23.8 Å². The first-order valence-electron chi connectivity index (χ1n) is 5.92. The van der Waals surface area contributed by atoms with Crippen molar-refractivity contribution in [3.05, 3.63) is 18.2 Å². The monoisotopic (exact) mass is 286 g/mol. The maximum Gasteiger partial charge on any atom is 0.243 e. The SMILES string of the molecule is COc1cc(S(=O)(=O)N2CCC(C)(O)C2)ccc1N. The lowest BCUT2D eigenvalue weighted by Crippen LogP contribution is -2.33. The highest BCUT2D eigenvalue weighted by molar-refractivity contribution is 7.89. The Morgan fingerprint density at radius 1 is 1.47 bits per heavy atom. The van der Waals surface area contributed by atoms with Crippen LogP contribution in [0, 0.1) is 0 Å². The summed E-state index contributed by atoms with van der Waals surface area (Å²) in [7, 11) is -2.19. The van der Waals surface area contributed by atoms with Crippen LogP contribution in [0.4, 0.5) is 5.69 Å². The number of β-amino-alcohol motifs (C(OH)–C–C–N with tert-alkyl or cyclic N) is 1. The summed E-state index contributed by atoms with van der Waals surface area (Å²) in [5.41, 5.74) is 5.08. The minimum Gasteiger partial charge on any atom is -0.495 e. The molecule has 1 fully saturated rings. The summed E-state index contributed by atoms with van der Waals surface area (Å²) in [6, 6.07) is 4.35. The molecule has 1 aromatic carbocycles. The Labute approximate surface area is 112 Å². The molecule has 3 N–H and O–H groups in total. The van der Waals surface area contributed by atoms with E-state index >= 15 is 0 Å². The molecule has 1 saturated heterocycles. The zero-order valence-corrected chi connectivity index (χ0v) is 11.8. The molecule has 2 rings (SSSR count). The summed E-state index contributed by atoms with van der Waals surface area (Å²) in [4.78, 5) is 0.122. The van der Waals surface area contributed by atoms with Crippen molar-refractivity contribution < 1.29 is 18.3 Å². The molecule has 0 saturated carbocycles. The lowest BCUT2D eigenvalue weighted by molar-refractivity contribution is 0.0762. The lowest BCUT2D eigenvalue weighted by Gasteiger charge is -2.19. The van der Waals surface area contributed by atoms with E-state index in [0.717, 1.165) is 0 Å². The second kappa shape index (κ2) is 4.66. The molecular weight excluding hydrogens is 268 g/mol. The van der Waals surface area contributed by atoms with Gasteiger partial charge in [-0.25, -0.2) is 8.42 Å². The molecule has 106 valence electrons. The first-order chi connectivity index (χ1) is 8.76. The number of anilines is 1. The van der Waals surface area contributed by atoms with Gasteiger partial charge in [-0.05, 0) is 25.5 Å². The quantitative estimate of drug-likeness (QED) is 0.786. The molecule has 0 radical (unpaired) electrons. The van der Waals surface area contributed by atoms with Crippen molar-refractivity contribution in [1.82, 2.24) is 4.31 Å². The molecule has 6 nitrogen and oxygen atoms in total. The molecule has 1 aromatic rings. The van der Waals surface area contributed by atoms with E-state index in [1.54, 1.807) is 6.92 Å². The Bertz CT molecular complexity index is 583. The van der Waals surface area contributed by atoms with E-state index in [1.807, 2.05) is 0 Å². The van der Waals surface area contributed by atoms with Crippen LogP contribution in [-0.4, -0.2) is 43.6 Å². The van der Waals surface area contributed by atoms with Gasteiger partial charge in [-0.1, -0.05) is 0 Å². The number of nitrogen functional groups attached to an aromatic ring is 1. The van der Waals surface area contributed by atoms with Gasteiger partial charge < -0.3 is 15.6 Å². The van der Waals surface area contributed by atoms with Gasteiger partial charge in [0, 0.05) is 19.2 Å². The minimum absolute atomic E-state index is 0.0992. The van der Waals surface area contributed by atoms with E-state index in [0.29, 0.717) is 24.4 Å². The Kier molecular flexibility index (Phi) is 3.46. The molecule has 1 unspecified atom stereocenters. The van der Waals surface area contributed by atoms with E-state index in [9.17, 15) is 13.5 Å². The average molecular weight is 286 g/mol. The molecular formula is C12H18N2O4S. The van der Waals surface area contributed by atoms with Crippen molar-refractivity contribution >= 4 is 15.7 Å². The Morgan fingerprint density at radius 3 is 2.68 bits per heavy atom. The van der Waals surface area contributed by atoms with E-state index in [1.165, 1.54) is 29.6 Å². The lowest BCUT2D eigenvalue weighted by atomic mass is 10.1. The van der Waals surface area contributed by atoms with Gasteiger partial charge in [0.1, 0.15) is 5.75 Å². The molecule has 1 aliphatic rings. The number of hydrogen-bond acceptors (Lipinski definition) is 5. The van der Waals surface area contributed by atoms with Crippen molar-refractivity contribution in [1.29, 1.82) is 0 Å². The van der Waals surface area contributed by atoms with Crippen LogP contribution in [0.5, 0.6) is 5.75 Å². The van der Waals surface area contributed by atoms with E-state index in [4.69, 9.17) is 10.5 Å². The number of sulfonamides is 1. The van der Waals surface area contributed by atoms with Gasteiger partial charge in [-0.15, -0.1) is 0 Å². The van der Waals surface area contributed by atoms with E-state index < -0.39 is 15.6 Å². The molecule has 1 aliphatic heterocycles. The van der Waals surface area contributed by atoms with Crippen LogP contribution in [-0.2, 0) is 10.0 Å². The maximum atomic E-state index is 12.4. The summed E-state index contributed by atoms with van der Waals surface area (Å²) in [5.74, 6) is 0.326. The summed E-state index contributed by atoms with van der Waals surface area (Å²) < 4.78 is 31.1. The van der Waals surface area contributed by atoms with Crippen LogP contribution in [0.2, 0.25) is 0 Å². The number of methoxy groups -OCH3 is 1. The fourth-order valence-corrected chi connectivity index (χ4v) is 3.68. The average Bonchev–Trinajstić information content (AvgIpc) is 2.70. The highest BCUT2D eigenvalue weighted by Crippen LogP contribution is 2.30. The molecule has 19 heavy (non-hydrogen) atoms. The van der Waals surface area contributed by atoms with Crippen molar-refractivity contribution in [2.24, 2.45) is 0 Å². The number of benzene rings is 1. The normalized spacial score (nSPS) is 24.6. The smallest absolute Gasteiger partial charge is 0.243 e. The molecule has 0 amide bonds. The first-order valence-corrected chi connectivity index (χ1v) is 7.36. The number of nitrogens with two attached hydrogens (primary N) is 1. The number of rotatable bonds is 3. The van der Waals surface area contributed by atoms with Gasteiger partial charge >= 0.3 is 0 Å². The molecule has 1 heterocycles. The number of hydrogen-bond donors (Lipinski definition) is 2. The van der Waals surface area contributed by atoms with Crippen molar-refractivity contribution in [3.8, 4) is 5.75 Å². The van der Waals surface area contributed by atoms with Crippen LogP contribution in [0.3, 0.4) is 0 Å². The molecule has 0 bridgehead atoms. The number of nitrogens with zero attached hydrogens (tertiary/aromatic N) is 1. The number of ether oxygens (including phenoxy) is 1. The van der Waals surface area contributed by atoms with E-state index in [-0.39, 0.29) is 11.4 Å². The number of aliphatic hydroxyl groups is 1. The zero-order chi connectivity index (χ0) is 14.3. The van der Waals surface area contributed by atoms with Gasteiger partial charge in [0.05, 0.1) is 23.3 Å². The van der Waals surface area contributed by atoms with Gasteiger partial charge in [0.25, 0.3) is 0 Å². The highest BCUT2D eigenvalue weighted by atomic mass is 32.2. The predicted molar refractivity (Wildman–Crippen MR) is 71.4 cm³/mol. The first kappa shape index (κ1) is 14.1. The predicted octanol–water partition coefficient (Wildman–Crippen LogP) is 0.423. The third-order valence-corrected chi connectivity index (χ3v) is 5.10. The Balaban J connectivity index is 2.35. The third-order valence-electron chi connectivity index (χ3n) is 3.26. The minimum atomic E-state index is -3.62. The zero-order valence-electron chi connectivity index (χ0n) is 11.0. The highest BCUT2D eigenvalue weighted by Gasteiger charge is 2.38. The standard InChI is InChI=1S/C12H18N2O4S/c1-12(15)5-6-14(8-12)19(16,17)9-3-4-10(13)11(7-9)18-2/h3-4,7,15H,5-6,8,13H2,1-2H3. The van der Waals surface area contributed by atoms with Crippen LogP contribution in [0.15, 0.2) is 23.1 Å². The third kappa shape index (κ3) is 2.68. The summed E-state index contributed by atoms with van der Waals surface area (Å²) >= 11 is 0. The Hall–Kier alpha value is -1.31. The van der Waals surface area contributed by atoms with Gasteiger partial charge in [-0.3, -0.25) is 0 Å². The van der Waals surface area contributed by atoms with Crippen molar-refractivity contribution in [3.63, 3.8) is 0 Å². The van der Waals surface area contributed by atoms with Crippen LogP contribution >= 0.6 is 0 Å². The van der Waals surface area contributed by atoms with E-state index in [2.05, 4.69) is 0 Å². The molecule has 7 heteroatoms. The van der Waals surface area contributed by atoms with Crippen molar-refractivity contribution in [2.75, 3.05) is 25.9 Å². The molecule has 1 atom stereocenters. The van der Waals surface area contributed by atoms with Gasteiger partial charge in [0.2, 0.25) is 10.0 Å². The summed E-state index contributed by atoms with van der Waals surface area (Å²) in [5, 5.41) is 9.87. The Morgan fingerprint density at radius 2 is 2.16 bits per heavy atom. The molecule has 0 aromatic heterocycles. The second-order valence-corrected chi connectivity index (χ2v) is 6.93. The molecule has 0 aliphatic carbocycles. The fraction of sp³-hybridized carbons (Fsp3) is 0.500. The topological polar surface area (TPSA) is 92.9 Å². The summed E-state index contributed by atoms with van der Waals surface area (Å²) in [6.07, 6.45) is 0.429. The van der Waals surface area contributed by atoms with Gasteiger partial charge in [0.15, 0.2) is 0 Å². The maximum absolute atomic E-state index is 12.4. The van der Waals surface area contributed by atoms with Crippen LogP contribution in [0.1, 0.15) is 13.3 Å².